The van der Waals surface area contributed by atoms with E-state index in [-0.39, 0.29) is 23.9 Å². The van der Waals surface area contributed by atoms with Crippen LogP contribution in [-0.2, 0) is 11.3 Å². The molecule has 0 unspecified atom stereocenters. The zero-order valence-corrected chi connectivity index (χ0v) is 20.1. The monoisotopic (exact) mass is 459 g/mol. The summed E-state index contributed by atoms with van der Waals surface area (Å²) in [5, 5.41) is 11.6. The van der Waals surface area contributed by atoms with Crippen LogP contribution in [0.1, 0.15) is 45.1 Å². The molecule has 1 aliphatic heterocycles. The van der Waals surface area contributed by atoms with E-state index in [9.17, 15) is 14.7 Å². The van der Waals surface area contributed by atoms with Crippen molar-refractivity contribution in [2.24, 2.45) is 5.41 Å². The molecule has 6 nitrogen and oxygen atoms in total. The summed E-state index contributed by atoms with van der Waals surface area (Å²) in [4.78, 5) is 32.2. The van der Waals surface area contributed by atoms with Gasteiger partial charge in [0, 0.05) is 36.6 Å². The van der Waals surface area contributed by atoms with Crippen molar-refractivity contribution in [1.29, 1.82) is 0 Å². The number of hydrogen-bond acceptors (Lipinski definition) is 4. The molecule has 1 fully saturated rings. The molecule has 1 aliphatic rings. The van der Waals surface area contributed by atoms with E-state index in [2.05, 4.69) is 11.9 Å². The average Bonchev–Trinajstić information content (AvgIpc) is 2.83. The van der Waals surface area contributed by atoms with Crippen molar-refractivity contribution in [2.45, 2.75) is 51.7 Å². The quantitative estimate of drug-likeness (QED) is 0.602. The second kappa shape index (κ2) is 9.55. The van der Waals surface area contributed by atoms with Crippen LogP contribution in [0.5, 0.6) is 0 Å². The molecule has 178 valence electrons. The minimum Gasteiger partial charge on any atom is -0.387 e. The zero-order valence-electron chi connectivity index (χ0n) is 20.1. The Balaban J connectivity index is 1.44. The maximum absolute atomic E-state index is 13.0. The van der Waals surface area contributed by atoms with Gasteiger partial charge in [0.25, 0.3) is 5.56 Å². The van der Waals surface area contributed by atoms with Gasteiger partial charge in [-0.1, -0.05) is 81.4 Å². The number of carbonyl (C=O) groups is 1. The highest BCUT2D eigenvalue weighted by molar-refractivity contribution is 5.77. The molecule has 3 aromatic rings. The fraction of sp³-hybridized carbons (Fsp3) is 0.393. The number of aromatic nitrogens is 2. The van der Waals surface area contributed by atoms with Gasteiger partial charge in [-0.2, -0.15) is 0 Å². The van der Waals surface area contributed by atoms with Crippen molar-refractivity contribution in [1.82, 2.24) is 14.5 Å². The SMILES string of the molecule is C[C@H](CC(=O)N1CC[C@](O)(Cn2cnc(-c3ccccc3)cc2=O)C(C)(C)C1)c1ccccc1. The summed E-state index contributed by atoms with van der Waals surface area (Å²) >= 11 is 0. The predicted molar refractivity (Wildman–Crippen MR) is 133 cm³/mol. The Morgan fingerprint density at radius 2 is 1.74 bits per heavy atom. The Morgan fingerprint density at radius 3 is 2.35 bits per heavy atom. The third-order valence-electron chi connectivity index (χ3n) is 7.22. The molecule has 2 heterocycles. The van der Waals surface area contributed by atoms with Gasteiger partial charge < -0.3 is 10.0 Å². The number of carbonyl (C=O) groups excluding carboxylic acids is 1. The molecule has 1 amide bonds. The second-order valence-corrected chi connectivity index (χ2v) is 10.1. The lowest BCUT2D eigenvalue weighted by Crippen LogP contribution is -2.60. The maximum Gasteiger partial charge on any atom is 0.253 e. The summed E-state index contributed by atoms with van der Waals surface area (Å²) in [7, 11) is 0. The van der Waals surface area contributed by atoms with E-state index in [0.29, 0.717) is 31.6 Å². The van der Waals surface area contributed by atoms with Gasteiger partial charge >= 0.3 is 0 Å². The molecule has 1 N–H and O–H groups in total. The van der Waals surface area contributed by atoms with E-state index in [1.807, 2.05) is 79.4 Å². The Kier molecular flexibility index (Phi) is 6.71. The summed E-state index contributed by atoms with van der Waals surface area (Å²) in [6, 6.07) is 21.1. The van der Waals surface area contributed by atoms with E-state index < -0.39 is 11.0 Å². The van der Waals surface area contributed by atoms with Crippen LogP contribution in [0.4, 0.5) is 0 Å². The van der Waals surface area contributed by atoms with E-state index in [1.165, 1.54) is 17.0 Å². The van der Waals surface area contributed by atoms with Crippen LogP contribution in [0, 0.1) is 5.41 Å². The van der Waals surface area contributed by atoms with Crippen molar-refractivity contribution in [3.05, 3.63) is 89.0 Å². The Labute approximate surface area is 200 Å². The molecule has 0 bridgehead atoms. The fourth-order valence-electron chi connectivity index (χ4n) is 4.75. The van der Waals surface area contributed by atoms with Crippen LogP contribution in [0.25, 0.3) is 11.3 Å². The maximum atomic E-state index is 13.0. The molecule has 1 aromatic heterocycles. The zero-order chi connectivity index (χ0) is 24.3. The highest BCUT2D eigenvalue weighted by Crippen LogP contribution is 2.40. The average molecular weight is 460 g/mol. The largest absolute Gasteiger partial charge is 0.387 e. The summed E-state index contributed by atoms with van der Waals surface area (Å²) in [6.07, 6.45) is 2.35. The van der Waals surface area contributed by atoms with Crippen LogP contribution in [0.15, 0.2) is 77.9 Å². The lowest BCUT2D eigenvalue weighted by molar-refractivity contribution is -0.154. The topological polar surface area (TPSA) is 75.4 Å². The molecule has 34 heavy (non-hydrogen) atoms. The predicted octanol–water partition coefficient (Wildman–Crippen LogP) is 4.09. The van der Waals surface area contributed by atoms with Gasteiger partial charge in [0.1, 0.15) is 0 Å². The lowest BCUT2D eigenvalue weighted by atomic mass is 9.69. The Hall–Kier alpha value is -3.25. The Morgan fingerprint density at radius 1 is 1.09 bits per heavy atom. The van der Waals surface area contributed by atoms with Gasteiger partial charge in [-0.3, -0.25) is 14.2 Å². The van der Waals surface area contributed by atoms with Crippen LogP contribution in [0.2, 0.25) is 0 Å². The van der Waals surface area contributed by atoms with E-state index in [1.54, 1.807) is 0 Å². The first-order valence-electron chi connectivity index (χ1n) is 11.9. The highest BCUT2D eigenvalue weighted by Gasteiger charge is 2.48. The van der Waals surface area contributed by atoms with E-state index >= 15 is 0 Å². The third-order valence-corrected chi connectivity index (χ3v) is 7.22. The first-order chi connectivity index (χ1) is 16.2. The summed E-state index contributed by atoms with van der Waals surface area (Å²) in [5.74, 6) is 0.225. The number of aliphatic hydroxyl groups is 1. The second-order valence-electron chi connectivity index (χ2n) is 10.1. The van der Waals surface area contributed by atoms with Crippen LogP contribution in [-0.4, -0.2) is 44.2 Å². The van der Waals surface area contributed by atoms with E-state index in [0.717, 1.165) is 11.1 Å². The molecule has 0 aliphatic carbocycles. The van der Waals surface area contributed by atoms with Gasteiger partial charge in [0.15, 0.2) is 0 Å². The molecular weight excluding hydrogens is 426 g/mol. The standard InChI is InChI=1S/C28H33N3O3/c1-21(22-10-6-4-7-11-22)16-25(32)30-15-14-28(34,27(2,3)18-30)19-31-20-29-24(17-26(31)33)23-12-8-5-9-13-23/h4-13,17,20-21,34H,14-16,18-19H2,1-3H3/t21-,28+/m1/s1. The first kappa shape index (κ1) is 23.9. The Bertz CT molecular complexity index is 1190. The molecule has 2 atom stereocenters. The highest BCUT2D eigenvalue weighted by atomic mass is 16.3. The number of rotatable bonds is 6. The molecule has 0 radical (unpaired) electrons. The van der Waals surface area contributed by atoms with Gasteiger partial charge in [-0.25, -0.2) is 4.98 Å². The van der Waals surface area contributed by atoms with Crippen LogP contribution >= 0.6 is 0 Å². The number of likely N-dealkylation sites (tertiary alicyclic amines) is 1. The van der Waals surface area contributed by atoms with Crippen molar-refractivity contribution in [3.63, 3.8) is 0 Å². The van der Waals surface area contributed by atoms with Crippen LogP contribution in [0.3, 0.4) is 0 Å². The number of hydrogen-bond donors (Lipinski definition) is 1. The van der Waals surface area contributed by atoms with Gasteiger partial charge in [-0.05, 0) is 17.9 Å². The van der Waals surface area contributed by atoms with Gasteiger partial charge in [-0.15, -0.1) is 0 Å². The summed E-state index contributed by atoms with van der Waals surface area (Å²) in [6.45, 7) is 7.03. The number of piperidine rings is 1. The van der Waals surface area contributed by atoms with Gasteiger partial charge in [0.05, 0.1) is 24.2 Å². The lowest BCUT2D eigenvalue weighted by Gasteiger charge is -2.50. The molecule has 6 heteroatoms. The van der Waals surface area contributed by atoms with Gasteiger partial charge in [0.2, 0.25) is 5.91 Å². The number of amides is 1. The van der Waals surface area contributed by atoms with Crippen molar-refractivity contribution in [3.8, 4) is 11.3 Å². The van der Waals surface area contributed by atoms with Crippen molar-refractivity contribution in [2.75, 3.05) is 13.1 Å². The van der Waals surface area contributed by atoms with Crippen LogP contribution < -0.4 is 5.56 Å². The summed E-state index contributed by atoms with van der Waals surface area (Å²) < 4.78 is 1.48. The van der Waals surface area contributed by atoms with E-state index in [4.69, 9.17) is 0 Å². The minimum absolute atomic E-state index is 0.0949. The molecule has 1 saturated heterocycles. The fourth-order valence-corrected chi connectivity index (χ4v) is 4.75. The molecule has 2 aromatic carbocycles. The smallest absolute Gasteiger partial charge is 0.253 e. The normalized spacial score (nSPS) is 20.6. The van der Waals surface area contributed by atoms with Crippen molar-refractivity contribution >= 4 is 5.91 Å². The third kappa shape index (κ3) is 4.97. The summed E-state index contributed by atoms with van der Waals surface area (Å²) in [5.41, 5.74) is 0.717. The molecule has 0 saturated carbocycles. The number of benzene rings is 2. The van der Waals surface area contributed by atoms with Crippen molar-refractivity contribution < 1.29 is 9.90 Å². The minimum atomic E-state index is -1.13. The molecule has 4 rings (SSSR count). The molecular formula is C28H33N3O3. The molecule has 0 spiro atoms. The first-order valence-corrected chi connectivity index (χ1v) is 11.9. The number of nitrogens with zero attached hydrogens (tertiary/aromatic N) is 3.